The first kappa shape index (κ1) is 11.0. The summed E-state index contributed by atoms with van der Waals surface area (Å²) in [5.41, 5.74) is 1.13. The zero-order chi connectivity index (χ0) is 11.1. The van der Waals surface area contributed by atoms with Crippen LogP contribution in [0.25, 0.3) is 0 Å². The standard InChI is InChI=1S/C12H13NO2/c1-3-11(9-15-2)13-12(14)10-7-5-4-6-8-10/h3-9H,1H2,2H3,(H,13,14)/b11-9+. The van der Waals surface area contributed by atoms with Crippen LogP contribution in [0.2, 0.25) is 0 Å². The van der Waals surface area contributed by atoms with Crippen LogP contribution in [0, 0.1) is 0 Å². The highest BCUT2D eigenvalue weighted by molar-refractivity contribution is 5.95. The molecule has 0 aliphatic carbocycles. The van der Waals surface area contributed by atoms with Crippen molar-refractivity contribution < 1.29 is 9.53 Å². The van der Waals surface area contributed by atoms with Gasteiger partial charge in [-0.25, -0.2) is 0 Å². The second-order valence-electron chi connectivity index (χ2n) is 2.83. The molecule has 0 bridgehead atoms. The number of amides is 1. The summed E-state index contributed by atoms with van der Waals surface area (Å²) in [4.78, 5) is 11.6. The SMILES string of the molecule is C=C/C(=C\OC)NC(=O)c1ccccc1. The molecule has 1 aromatic rings. The van der Waals surface area contributed by atoms with Crippen molar-refractivity contribution in [1.82, 2.24) is 5.32 Å². The van der Waals surface area contributed by atoms with Crippen molar-refractivity contribution in [2.75, 3.05) is 7.11 Å². The van der Waals surface area contributed by atoms with Gasteiger partial charge in [0.2, 0.25) is 0 Å². The monoisotopic (exact) mass is 203 g/mol. The number of allylic oxidation sites excluding steroid dienone is 1. The van der Waals surface area contributed by atoms with E-state index in [0.717, 1.165) is 0 Å². The third-order valence-corrected chi connectivity index (χ3v) is 1.76. The summed E-state index contributed by atoms with van der Waals surface area (Å²) in [6.07, 6.45) is 2.94. The Kier molecular flexibility index (Phi) is 4.16. The molecular weight excluding hydrogens is 190 g/mol. The maximum Gasteiger partial charge on any atom is 0.255 e. The molecule has 0 saturated carbocycles. The Bertz CT molecular complexity index is 368. The van der Waals surface area contributed by atoms with E-state index < -0.39 is 0 Å². The molecule has 0 radical (unpaired) electrons. The summed E-state index contributed by atoms with van der Waals surface area (Å²) in [5.74, 6) is -0.182. The van der Waals surface area contributed by atoms with Gasteiger partial charge in [0.25, 0.3) is 5.91 Å². The molecule has 0 heterocycles. The zero-order valence-corrected chi connectivity index (χ0v) is 8.57. The van der Waals surface area contributed by atoms with Crippen LogP contribution in [0.4, 0.5) is 0 Å². The van der Waals surface area contributed by atoms with Crippen LogP contribution < -0.4 is 5.32 Å². The van der Waals surface area contributed by atoms with Crippen LogP contribution in [0.5, 0.6) is 0 Å². The molecule has 0 aromatic heterocycles. The molecule has 0 fully saturated rings. The number of nitrogens with one attached hydrogen (secondary N) is 1. The van der Waals surface area contributed by atoms with Crippen molar-refractivity contribution in [3.05, 3.63) is 60.5 Å². The van der Waals surface area contributed by atoms with Crippen molar-refractivity contribution in [2.45, 2.75) is 0 Å². The van der Waals surface area contributed by atoms with E-state index in [0.29, 0.717) is 11.3 Å². The molecule has 15 heavy (non-hydrogen) atoms. The average Bonchev–Trinajstić information content (AvgIpc) is 2.29. The maximum atomic E-state index is 11.6. The van der Waals surface area contributed by atoms with Gasteiger partial charge in [-0.05, 0) is 18.2 Å². The highest BCUT2D eigenvalue weighted by atomic mass is 16.5. The van der Waals surface area contributed by atoms with E-state index in [1.54, 1.807) is 12.1 Å². The molecule has 1 N–H and O–H groups in total. The predicted molar refractivity (Wildman–Crippen MR) is 59.2 cm³/mol. The third-order valence-electron chi connectivity index (χ3n) is 1.76. The predicted octanol–water partition coefficient (Wildman–Crippen LogP) is 2.09. The molecule has 0 spiro atoms. The lowest BCUT2D eigenvalue weighted by molar-refractivity contribution is 0.0965. The minimum atomic E-state index is -0.182. The molecule has 0 unspecified atom stereocenters. The quantitative estimate of drug-likeness (QED) is 0.601. The first-order valence-corrected chi connectivity index (χ1v) is 4.49. The van der Waals surface area contributed by atoms with Crippen LogP contribution in [0.3, 0.4) is 0 Å². The molecule has 0 atom stereocenters. The van der Waals surface area contributed by atoms with Gasteiger partial charge in [0.1, 0.15) is 6.26 Å². The lowest BCUT2D eigenvalue weighted by Gasteiger charge is -2.04. The lowest BCUT2D eigenvalue weighted by atomic mass is 10.2. The maximum absolute atomic E-state index is 11.6. The smallest absolute Gasteiger partial charge is 0.255 e. The number of hydrogen-bond acceptors (Lipinski definition) is 2. The van der Waals surface area contributed by atoms with Gasteiger partial charge in [0.15, 0.2) is 0 Å². The zero-order valence-electron chi connectivity index (χ0n) is 8.57. The van der Waals surface area contributed by atoms with E-state index in [1.807, 2.05) is 18.2 Å². The lowest BCUT2D eigenvalue weighted by Crippen LogP contribution is -2.21. The number of carbonyl (C=O) groups excluding carboxylic acids is 1. The molecule has 3 nitrogen and oxygen atoms in total. The van der Waals surface area contributed by atoms with E-state index in [-0.39, 0.29) is 5.91 Å². The Morgan fingerprint density at radius 3 is 2.60 bits per heavy atom. The fourth-order valence-corrected chi connectivity index (χ4v) is 1.05. The second-order valence-corrected chi connectivity index (χ2v) is 2.83. The summed E-state index contributed by atoms with van der Waals surface area (Å²) in [6, 6.07) is 8.95. The molecule has 1 amide bonds. The summed E-state index contributed by atoms with van der Waals surface area (Å²) in [6.45, 7) is 3.56. The number of ether oxygens (including phenoxy) is 1. The summed E-state index contributed by atoms with van der Waals surface area (Å²) >= 11 is 0. The van der Waals surface area contributed by atoms with Crippen LogP contribution >= 0.6 is 0 Å². The van der Waals surface area contributed by atoms with Gasteiger partial charge in [-0.3, -0.25) is 4.79 Å². The Morgan fingerprint density at radius 1 is 1.40 bits per heavy atom. The van der Waals surface area contributed by atoms with Crippen molar-refractivity contribution in [1.29, 1.82) is 0 Å². The fourth-order valence-electron chi connectivity index (χ4n) is 1.05. The Balaban J connectivity index is 2.71. The molecule has 1 rings (SSSR count). The van der Waals surface area contributed by atoms with Gasteiger partial charge in [-0.2, -0.15) is 0 Å². The molecule has 0 saturated heterocycles. The number of carbonyl (C=O) groups is 1. The topological polar surface area (TPSA) is 38.3 Å². The summed E-state index contributed by atoms with van der Waals surface area (Å²) in [5, 5.41) is 2.66. The second kappa shape index (κ2) is 5.65. The Morgan fingerprint density at radius 2 is 2.07 bits per heavy atom. The molecule has 3 heteroatoms. The normalized spacial score (nSPS) is 10.6. The van der Waals surface area contributed by atoms with Gasteiger partial charge in [0.05, 0.1) is 12.8 Å². The molecule has 78 valence electrons. The van der Waals surface area contributed by atoms with Gasteiger partial charge in [-0.1, -0.05) is 24.8 Å². The number of methoxy groups -OCH3 is 1. The number of hydrogen-bond donors (Lipinski definition) is 1. The van der Waals surface area contributed by atoms with E-state index in [9.17, 15) is 4.79 Å². The van der Waals surface area contributed by atoms with Gasteiger partial charge >= 0.3 is 0 Å². The molecule has 0 aliphatic rings. The first-order chi connectivity index (χ1) is 7.27. The third kappa shape index (κ3) is 3.31. The minimum absolute atomic E-state index is 0.182. The van der Waals surface area contributed by atoms with Crippen molar-refractivity contribution in [3.8, 4) is 0 Å². The first-order valence-electron chi connectivity index (χ1n) is 4.49. The van der Waals surface area contributed by atoms with E-state index in [4.69, 9.17) is 4.74 Å². The van der Waals surface area contributed by atoms with Crippen LogP contribution in [0.1, 0.15) is 10.4 Å². The van der Waals surface area contributed by atoms with Crippen molar-refractivity contribution in [3.63, 3.8) is 0 Å². The highest BCUT2D eigenvalue weighted by Gasteiger charge is 2.04. The molecular formula is C12H13NO2. The number of rotatable bonds is 4. The highest BCUT2D eigenvalue weighted by Crippen LogP contribution is 2.00. The van der Waals surface area contributed by atoms with E-state index in [2.05, 4.69) is 11.9 Å². The van der Waals surface area contributed by atoms with Gasteiger partial charge in [0, 0.05) is 5.56 Å². The Hall–Kier alpha value is -2.03. The van der Waals surface area contributed by atoms with Gasteiger partial charge < -0.3 is 10.1 Å². The average molecular weight is 203 g/mol. The van der Waals surface area contributed by atoms with E-state index >= 15 is 0 Å². The van der Waals surface area contributed by atoms with Gasteiger partial charge in [-0.15, -0.1) is 0 Å². The Labute approximate surface area is 89.1 Å². The summed E-state index contributed by atoms with van der Waals surface area (Å²) in [7, 11) is 1.51. The summed E-state index contributed by atoms with van der Waals surface area (Å²) < 4.78 is 4.78. The fraction of sp³-hybridized carbons (Fsp3) is 0.0833. The van der Waals surface area contributed by atoms with Crippen LogP contribution in [-0.4, -0.2) is 13.0 Å². The minimum Gasteiger partial charge on any atom is -0.502 e. The molecule has 1 aromatic carbocycles. The molecule has 0 aliphatic heterocycles. The van der Waals surface area contributed by atoms with E-state index in [1.165, 1.54) is 19.4 Å². The van der Waals surface area contributed by atoms with Crippen molar-refractivity contribution in [2.24, 2.45) is 0 Å². The largest absolute Gasteiger partial charge is 0.502 e. The number of benzene rings is 1. The van der Waals surface area contributed by atoms with Crippen LogP contribution in [-0.2, 0) is 4.74 Å². The van der Waals surface area contributed by atoms with Crippen LogP contribution in [0.15, 0.2) is 54.9 Å². The van der Waals surface area contributed by atoms with Crippen molar-refractivity contribution >= 4 is 5.91 Å².